The summed E-state index contributed by atoms with van der Waals surface area (Å²) >= 11 is 6.17. The minimum Gasteiger partial charge on any atom is -0.311 e. The van der Waals surface area contributed by atoms with Gasteiger partial charge in [0, 0.05) is 19.0 Å². The van der Waals surface area contributed by atoms with Gasteiger partial charge in [-0.3, -0.25) is 4.68 Å². The molecule has 2 unspecified atom stereocenters. The van der Waals surface area contributed by atoms with Crippen LogP contribution in [-0.2, 0) is 13.0 Å². The molecule has 1 aliphatic heterocycles. The topological polar surface area (TPSA) is 29.9 Å². The molecule has 0 saturated carbocycles. The molecule has 1 N–H and O–H groups in total. The number of nitrogens with one attached hydrogen (secondary N) is 1. The standard InChI is InChI=1S/C12H19ClFN3/c1-3-17-11(12(13)8(2)16-17)7-9(14)10-5-4-6-15-10/h9-10,15H,3-7H2,1-2H3. The van der Waals surface area contributed by atoms with E-state index in [0.717, 1.165) is 37.3 Å². The Labute approximate surface area is 106 Å². The van der Waals surface area contributed by atoms with Gasteiger partial charge in [0.2, 0.25) is 0 Å². The van der Waals surface area contributed by atoms with Crippen LogP contribution in [0.15, 0.2) is 0 Å². The molecule has 0 spiro atoms. The second-order valence-electron chi connectivity index (χ2n) is 4.58. The lowest BCUT2D eigenvalue weighted by atomic mass is 10.1. The van der Waals surface area contributed by atoms with E-state index in [1.807, 2.05) is 13.8 Å². The van der Waals surface area contributed by atoms with E-state index in [2.05, 4.69) is 10.4 Å². The fraction of sp³-hybridized carbons (Fsp3) is 0.750. The molecular weight excluding hydrogens is 241 g/mol. The van der Waals surface area contributed by atoms with Crippen LogP contribution in [0.25, 0.3) is 0 Å². The lowest BCUT2D eigenvalue weighted by Crippen LogP contribution is -2.33. The van der Waals surface area contributed by atoms with Crippen molar-refractivity contribution in [3.63, 3.8) is 0 Å². The number of aryl methyl sites for hydroxylation is 2. The second kappa shape index (κ2) is 5.36. The summed E-state index contributed by atoms with van der Waals surface area (Å²) in [6.07, 6.45) is 1.45. The van der Waals surface area contributed by atoms with Gasteiger partial charge in [-0.1, -0.05) is 11.6 Å². The van der Waals surface area contributed by atoms with Gasteiger partial charge in [0.1, 0.15) is 6.17 Å². The highest BCUT2D eigenvalue weighted by Crippen LogP contribution is 2.24. The van der Waals surface area contributed by atoms with Crippen molar-refractivity contribution in [1.82, 2.24) is 15.1 Å². The zero-order valence-corrected chi connectivity index (χ0v) is 11.1. The van der Waals surface area contributed by atoms with Gasteiger partial charge in [0.05, 0.1) is 16.4 Å². The molecule has 5 heteroatoms. The third kappa shape index (κ3) is 2.63. The van der Waals surface area contributed by atoms with Crippen LogP contribution in [0.4, 0.5) is 4.39 Å². The molecule has 2 rings (SSSR count). The van der Waals surface area contributed by atoms with Gasteiger partial charge < -0.3 is 5.32 Å². The lowest BCUT2D eigenvalue weighted by molar-refractivity contribution is 0.259. The Morgan fingerprint density at radius 1 is 1.65 bits per heavy atom. The van der Waals surface area contributed by atoms with Crippen molar-refractivity contribution < 1.29 is 4.39 Å². The molecule has 0 amide bonds. The van der Waals surface area contributed by atoms with Crippen molar-refractivity contribution >= 4 is 11.6 Å². The highest BCUT2D eigenvalue weighted by atomic mass is 35.5. The quantitative estimate of drug-likeness (QED) is 0.900. The molecular formula is C12H19ClFN3. The summed E-state index contributed by atoms with van der Waals surface area (Å²) in [7, 11) is 0. The van der Waals surface area contributed by atoms with Gasteiger partial charge in [-0.25, -0.2) is 4.39 Å². The molecule has 1 aromatic heterocycles. The van der Waals surface area contributed by atoms with Crippen LogP contribution < -0.4 is 5.32 Å². The van der Waals surface area contributed by atoms with Crippen molar-refractivity contribution in [2.24, 2.45) is 0 Å². The molecule has 0 aliphatic carbocycles. The fourth-order valence-corrected chi connectivity index (χ4v) is 2.62. The highest BCUT2D eigenvalue weighted by molar-refractivity contribution is 6.31. The maximum absolute atomic E-state index is 14.1. The van der Waals surface area contributed by atoms with E-state index in [1.54, 1.807) is 4.68 Å². The Balaban J connectivity index is 2.11. The van der Waals surface area contributed by atoms with Crippen LogP contribution >= 0.6 is 11.6 Å². The summed E-state index contributed by atoms with van der Waals surface area (Å²) < 4.78 is 15.9. The number of halogens is 2. The number of alkyl halides is 1. The van der Waals surface area contributed by atoms with Crippen molar-refractivity contribution in [3.8, 4) is 0 Å². The van der Waals surface area contributed by atoms with Gasteiger partial charge in [0.25, 0.3) is 0 Å². The minimum absolute atomic E-state index is 0.0217. The zero-order chi connectivity index (χ0) is 12.4. The molecule has 17 heavy (non-hydrogen) atoms. The summed E-state index contributed by atoms with van der Waals surface area (Å²) in [5, 5.41) is 8.12. The van der Waals surface area contributed by atoms with E-state index in [4.69, 9.17) is 11.6 Å². The third-order valence-electron chi connectivity index (χ3n) is 3.38. The van der Waals surface area contributed by atoms with Crippen molar-refractivity contribution in [3.05, 3.63) is 16.4 Å². The smallest absolute Gasteiger partial charge is 0.121 e. The predicted octanol–water partition coefficient (Wildman–Crippen LogP) is 2.50. The number of nitrogens with zero attached hydrogens (tertiary/aromatic N) is 2. The first-order chi connectivity index (χ1) is 8.13. The summed E-state index contributed by atoms with van der Waals surface area (Å²) in [6.45, 7) is 5.50. The normalized spacial score (nSPS) is 22.0. The van der Waals surface area contributed by atoms with E-state index in [0.29, 0.717) is 11.4 Å². The number of aromatic nitrogens is 2. The Morgan fingerprint density at radius 2 is 2.41 bits per heavy atom. The molecule has 1 aromatic rings. The largest absolute Gasteiger partial charge is 0.311 e. The first-order valence-electron chi connectivity index (χ1n) is 6.22. The Bertz CT molecular complexity index is 385. The van der Waals surface area contributed by atoms with E-state index in [1.165, 1.54) is 0 Å². The second-order valence-corrected chi connectivity index (χ2v) is 4.96. The molecule has 0 bridgehead atoms. The van der Waals surface area contributed by atoms with Crippen LogP contribution in [0.3, 0.4) is 0 Å². The van der Waals surface area contributed by atoms with E-state index in [-0.39, 0.29) is 6.04 Å². The van der Waals surface area contributed by atoms with Gasteiger partial charge in [-0.2, -0.15) is 5.10 Å². The first-order valence-corrected chi connectivity index (χ1v) is 6.60. The number of hydrogen-bond acceptors (Lipinski definition) is 2. The van der Waals surface area contributed by atoms with Crippen molar-refractivity contribution in [1.29, 1.82) is 0 Å². The Kier molecular flexibility index (Phi) is 4.05. The fourth-order valence-electron chi connectivity index (χ4n) is 2.41. The van der Waals surface area contributed by atoms with Crippen LogP contribution in [0.5, 0.6) is 0 Å². The maximum Gasteiger partial charge on any atom is 0.121 e. The molecule has 2 atom stereocenters. The van der Waals surface area contributed by atoms with E-state index in [9.17, 15) is 4.39 Å². The van der Waals surface area contributed by atoms with E-state index < -0.39 is 6.17 Å². The van der Waals surface area contributed by atoms with Gasteiger partial charge in [0.15, 0.2) is 0 Å². The molecule has 3 nitrogen and oxygen atoms in total. The zero-order valence-electron chi connectivity index (χ0n) is 10.3. The summed E-state index contributed by atoms with van der Waals surface area (Å²) in [6, 6.07) is -0.0217. The van der Waals surface area contributed by atoms with Gasteiger partial charge in [-0.05, 0) is 33.2 Å². The van der Waals surface area contributed by atoms with E-state index >= 15 is 0 Å². The Morgan fingerprint density at radius 3 is 3.00 bits per heavy atom. The van der Waals surface area contributed by atoms with Crippen LogP contribution in [0, 0.1) is 6.92 Å². The lowest BCUT2D eigenvalue weighted by Gasteiger charge is -2.16. The van der Waals surface area contributed by atoms with Crippen LogP contribution in [0.1, 0.15) is 31.2 Å². The molecule has 0 radical (unpaired) electrons. The average molecular weight is 260 g/mol. The maximum atomic E-state index is 14.1. The molecule has 0 aromatic carbocycles. The predicted molar refractivity (Wildman–Crippen MR) is 67.3 cm³/mol. The van der Waals surface area contributed by atoms with Crippen LogP contribution in [-0.4, -0.2) is 28.5 Å². The Hall–Kier alpha value is -0.610. The molecule has 1 aliphatic rings. The third-order valence-corrected chi connectivity index (χ3v) is 3.87. The summed E-state index contributed by atoms with van der Waals surface area (Å²) in [4.78, 5) is 0. The SMILES string of the molecule is CCn1nc(C)c(Cl)c1CC(F)C1CCCN1. The molecule has 2 heterocycles. The molecule has 1 saturated heterocycles. The number of hydrogen-bond donors (Lipinski definition) is 1. The monoisotopic (exact) mass is 259 g/mol. The highest BCUT2D eigenvalue weighted by Gasteiger charge is 2.27. The van der Waals surface area contributed by atoms with Crippen LogP contribution in [0.2, 0.25) is 5.02 Å². The van der Waals surface area contributed by atoms with Crippen molar-refractivity contribution in [2.75, 3.05) is 6.54 Å². The minimum atomic E-state index is -0.878. The van der Waals surface area contributed by atoms with Gasteiger partial charge in [-0.15, -0.1) is 0 Å². The number of rotatable bonds is 4. The average Bonchev–Trinajstić information content (AvgIpc) is 2.92. The first kappa shape index (κ1) is 12.8. The van der Waals surface area contributed by atoms with Crippen molar-refractivity contribution in [2.45, 2.75) is 51.9 Å². The summed E-state index contributed by atoms with van der Waals surface area (Å²) in [5.74, 6) is 0. The molecule has 96 valence electrons. The van der Waals surface area contributed by atoms with Gasteiger partial charge >= 0.3 is 0 Å². The summed E-state index contributed by atoms with van der Waals surface area (Å²) in [5.41, 5.74) is 1.61. The molecule has 1 fully saturated rings.